The monoisotopic (exact) mass is 247 g/mol. The van der Waals surface area contributed by atoms with Gasteiger partial charge in [0.25, 0.3) is 5.71 Å². The van der Waals surface area contributed by atoms with Crippen LogP contribution in [0.5, 0.6) is 0 Å². The lowest BCUT2D eigenvalue weighted by molar-refractivity contribution is 0.607. The first-order valence-corrected chi connectivity index (χ1v) is 5.97. The summed E-state index contributed by atoms with van der Waals surface area (Å²) >= 11 is 0. The Bertz CT molecular complexity index is 849. The zero-order valence-corrected chi connectivity index (χ0v) is 9.95. The molecule has 2 aromatic carbocycles. The number of fused-ring (bicyclic) bond motifs is 2. The third-order valence-corrected chi connectivity index (χ3v) is 3.04. The van der Waals surface area contributed by atoms with Crippen LogP contribution in [-0.4, -0.2) is 15.0 Å². The number of nitrogens with zero attached hydrogens (tertiary/aromatic N) is 3. The number of rotatable bonds is 1. The normalized spacial score (nSPS) is 11.2. The molecule has 4 rings (SSSR count). The van der Waals surface area contributed by atoms with E-state index >= 15 is 0 Å². The molecule has 2 heterocycles. The summed E-state index contributed by atoms with van der Waals surface area (Å²) in [5.74, 6) is 0.548. The summed E-state index contributed by atoms with van der Waals surface area (Å²) in [6.45, 7) is 0. The summed E-state index contributed by atoms with van der Waals surface area (Å²) in [6.07, 6.45) is 3.20. The molecule has 0 saturated carbocycles. The van der Waals surface area contributed by atoms with Crippen molar-refractivity contribution in [2.24, 2.45) is 0 Å². The van der Waals surface area contributed by atoms with E-state index in [9.17, 15) is 0 Å². The molecule has 90 valence electrons. The Balaban J connectivity index is 1.93. The van der Waals surface area contributed by atoms with Crippen molar-refractivity contribution in [1.29, 1.82) is 0 Å². The topological polar surface area (TPSA) is 51.8 Å². The highest BCUT2D eigenvalue weighted by molar-refractivity contribution is 5.86. The molecule has 0 aliphatic heterocycles. The average Bonchev–Trinajstić information content (AvgIpc) is 2.90. The number of aromatic nitrogens is 3. The lowest BCUT2D eigenvalue weighted by Crippen LogP contribution is -1.79. The molecule has 4 aromatic rings. The van der Waals surface area contributed by atoms with Crippen LogP contribution in [0.15, 0.2) is 59.3 Å². The van der Waals surface area contributed by atoms with Crippen molar-refractivity contribution in [3.05, 3.63) is 54.9 Å². The second-order valence-electron chi connectivity index (χ2n) is 4.27. The van der Waals surface area contributed by atoms with Crippen LogP contribution in [-0.2, 0) is 0 Å². The third-order valence-electron chi connectivity index (χ3n) is 3.04. The highest BCUT2D eigenvalue weighted by Gasteiger charge is 2.09. The molecule has 4 nitrogen and oxygen atoms in total. The third kappa shape index (κ3) is 1.65. The molecule has 4 heteroatoms. The number of hydrogen-bond acceptors (Lipinski definition) is 4. The molecule has 2 aromatic heterocycles. The molecule has 0 N–H and O–H groups in total. The molecule has 0 bridgehead atoms. The van der Waals surface area contributed by atoms with Crippen LogP contribution in [0, 0.1) is 0 Å². The van der Waals surface area contributed by atoms with E-state index in [1.54, 1.807) is 12.4 Å². The van der Waals surface area contributed by atoms with Gasteiger partial charge in [0.1, 0.15) is 0 Å². The van der Waals surface area contributed by atoms with Crippen molar-refractivity contribution in [2.45, 2.75) is 0 Å². The van der Waals surface area contributed by atoms with Crippen molar-refractivity contribution in [1.82, 2.24) is 15.0 Å². The summed E-state index contributed by atoms with van der Waals surface area (Å²) in [6, 6.07) is 14.3. The van der Waals surface area contributed by atoms with E-state index in [1.165, 1.54) is 5.39 Å². The van der Waals surface area contributed by atoms with Gasteiger partial charge in [-0.05, 0) is 22.9 Å². The van der Waals surface area contributed by atoms with Crippen LogP contribution in [0.3, 0.4) is 0 Å². The SMILES string of the molecule is c1ccc2cc(-c3nc4nccnc4o3)ccc2c1. The predicted octanol–water partition coefficient (Wildman–Crippen LogP) is 3.44. The van der Waals surface area contributed by atoms with E-state index in [0.29, 0.717) is 17.3 Å². The van der Waals surface area contributed by atoms with Crippen molar-refractivity contribution in [3.8, 4) is 11.5 Å². The van der Waals surface area contributed by atoms with E-state index in [1.807, 2.05) is 18.2 Å². The Morgan fingerprint density at radius 3 is 2.58 bits per heavy atom. The van der Waals surface area contributed by atoms with E-state index in [0.717, 1.165) is 10.9 Å². The molecule has 0 fully saturated rings. The molecule has 0 aliphatic rings. The van der Waals surface area contributed by atoms with E-state index in [4.69, 9.17) is 4.42 Å². The van der Waals surface area contributed by atoms with Crippen LogP contribution in [0.4, 0.5) is 0 Å². The molecule has 0 amide bonds. The van der Waals surface area contributed by atoms with E-state index in [-0.39, 0.29) is 0 Å². The average molecular weight is 247 g/mol. The van der Waals surface area contributed by atoms with Crippen molar-refractivity contribution < 1.29 is 4.42 Å². The maximum Gasteiger partial charge on any atom is 0.266 e. The van der Waals surface area contributed by atoms with Gasteiger partial charge in [-0.3, -0.25) is 0 Å². The summed E-state index contributed by atoms with van der Waals surface area (Å²) in [4.78, 5) is 12.6. The summed E-state index contributed by atoms with van der Waals surface area (Å²) in [5, 5.41) is 2.35. The van der Waals surface area contributed by atoms with Crippen molar-refractivity contribution in [2.75, 3.05) is 0 Å². The molecule has 0 spiro atoms. The molecule has 0 aliphatic carbocycles. The largest absolute Gasteiger partial charge is 0.416 e. The van der Waals surface area contributed by atoms with Crippen molar-refractivity contribution >= 4 is 22.1 Å². The fourth-order valence-corrected chi connectivity index (χ4v) is 2.12. The molecule has 0 radical (unpaired) electrons. The Morgan fingerprint density at radius 2 is 1.68 bits per heavy atom. The smallest absolute Gasteiger partial charge is 0.266 e. The lowest BCUT2D eigenvalue weighted by atomic mass is 10.1. The van der Waals surface area contributed by atoms with Gasteiger partial charge in [-0.1, -0.05) is 30.3 Å². The Kier molecular flexibility index (Phi) is 2.08. The molecular weight excluding hydrogens is 238 g/mol. The first-order chi connectivity index (χ1) is 9.40. The van der Waals surface area contributed by atoms with Crippen LogP contribution < -0.4 is 0 Å². The summed E-state index contributed by atoms with van der Waals surface area (Å²) < 4.78 is 5.62. The molecule has 0 atom stereocenters. The van der Waals surface area contributed by atoms with Gasteiger partial charge in [-0.2, -0.15) is 4.98 Å². The van der Waals surface area contributed by atoms with Gasteiger partial charge < -0.3 is 4.42 Å². The first kappa shape index (κ1) is 10.2. The maximum absolute atomic E-state index is 5.62. The zero-order chi connectivity index (χ0) is 12.7. The minimum atomic E-state index is 0.464. The molecular formula is C15H9N3O. The maximum atomic E-state index is 5.62. The quantitative estimate of drug-likeness (QED) is 0.517. The Labute approximate surface area is 108 Å². The number of benzene rings is 2. The summed E-state index contributed by atoms with van der Waals surface area (Å²) in [7, 11) is 0. The molecule has 0 unspecified atom stereocenters. The highest BCUT2D eigenvalue weighted by Crippen LogP contribution is 2.25. The van der Waals surface area contributed by atoms with E-state index in [2.05, 4.69) is 39.2 Å². The second kappa shape index (κ2) is 3.88. The van der Waals surface area contributed by atoms with Crippen molar-refractivity contribution in [3.63, 3.8) is 0 Å². The number of oxazole rings is 1. The van der Waals surface area contributed by atoms with Gasteiger partial charge in [-0.15, -0.1) is 0 Å². The van der Waals surface area contributed by atoms with Gasteiger partial charge in [-0.25, -0.2) is 9.97 Å². The van der Waals surface area contributed by atoms with Gasteiger partial charge >= 0.3 is 0 Å². The molecule has 0 saturated heterocycles. The lowest BCUT2D eigenvalue weighted by Gasteiger charge is -1.99. The van der Waals surface area contributed by atoms with Crippen LogP contribution in [0.25, 0.3) is 33.6 Å². The minimum absolute atomic E-state index is 0.464. The molecule has 19 heavy (non-hydrogen) atoms. The highest BCUT2D eigenvalue weighted by atomic mass is 16.4. The van der Waals surface area contributed by atoms with Gasteiger partial charge in [0.2, 0.25) is 11.5 Å². The van der Waals surface area contributed by atoms with Gasteiger partial charge in [0, 0.05) is 18.0 Å². The van der Waals surface area contributed by atoms with Crippen LogP contribution in [0.1, 0.15) is 0 Å². The van der Waals surface area contributed by atoms with E-state index < -0.39 is 0 Å². The zero-order valence-electron chi connectivity index (χ0n) is 9.95. The second-order valence-corrected chi connectivity index (χ2v) is 4.27. The standard InChI is InChI=1S/C15H9N3O/c1-2-4-11-9-12(6-5-10(11)3-1)14-18-13-15(19-14)17-8-7-16-13/h1-9H. The fourth-order valence-electron chi connectivity index (χ4n) is 2.12. The number of hydrogen-bond donors (Lipinski definition) is 0. The predicted molar refractivity (Wildman–Crippen MR) is 72.5 cm³/mol. The Hall–Kier alpha value is -2.75. The van der Waals surface area contributed by atoms with Crippen LogP contribution >= 0.6 is 0 Å². The van der Waals surface area contributed by atoms with Gasteiger partial charge in [0.15, 0.2) is 0 Å². The minimum Gasteiger partial charge on any atom is -0.416 e. The van der Waals surface area contributed by atoms with Crippen LogP contribution in [0.2, 0.25) is 0 Å². The Morgan fingerprint density at radius 1 is 0.842 bits per heavy atom. The fraction of sp³-hybridized carbons (Fsp3) is 0. The van der Waals surface area contributed by atoms with Gasteiger partial charge in [0.05, 0.1) is 0 Å². The summed E-state index contributed by atoms with van der Waals surface area (Å²) in [5.41, 5.74) is 1.93. The first-order valence-electron chi connectivity index (χ1n) is 5.97.